The van der Waals surface area contributed by atoms with E-state index < -0.39 is 5.54 Å². The average Bonchev–Trinajstić information content (AvgIpc) is 3.78. The van der Waals surface area contributed by atoms with E-state index in [-0.39, 0.29) is 17.8 Å². The molecule has 50 heavy (non-hydrogen) atoms. The number of nitrogens with zero attached hydrogens (tertiary/aromatic N) is 4. The molecular weight excluding hydrogens is 619 g/mol. The van der Waals surface area contributed by atoms with Gasteiger partial charge in [0.1, 0.15) is 5.54 Å². The number of nitrogens with one attached hydrogen (secondary N) is 3. The van der Waals surface area contributed by atoms with Crippen molar-refractivity contribution in [2.45, 2.75) is 11.6 Å². The third-order valence-electron chi connectivity index (χ3n) is 9.28. The van der Waals surface area contributed by atoms with Crippen LogP contribution in [0.1, 0.15) is 38.9 Å². The van der Waals surface area contributed by atoms with Gasteiger partial charge in [0.15, 0.2) is 0 Å². The molecule has 0 saturated heterocycles. The first-order chi connectivity index (χ1) is 24.7. The Morgan fingerprint density at radius 2 is 1.24 bits per heavy atom. The maximum absolute atomic E-state index is 13.7. The minimum atomic E-state index is -0.808. The van der Waals surface area contributed by atoms with Gasteiger partial charge in [-0.1, -0.05) is 121 Å². The van der Waals surface area contributed by atoms with Gasteiger partial charge in [-0.2, -0.15) is 0 Å². The molecule has 0 aliphatic carbocycles. The first-order valence-corrected chi connectivity index (χ1v) is 16.7. The Hall–Kier alpha value is -6.38. The van der Waals surface area contributed by atoms with Gasteiger partial charge in [-0.3, -0.25) is 19.6 Å². The highest BCUT2D eigenvalue weighted by atomic mass is 16.2. The summed E-state index contributed by atoms with van der Waals surface area (Å²) in [6.07, 6.45) is 3.59. The molecular formula is C42H35N7O. The summed E-state index contributed by atoms with van der Waals surface area (Å²) in [6.45, 7) is 0.565. The van der Waals surface area contributed by atoms with E-state index in [0.717, 1.165) is 44.4 Å². The number of amides is 1. The number of H-pyrrole nitrogens is 1. The van der Waals surface area contributed by atoms with E-state index in [4.69, 9.17) is 9.97 Å². The Bertz CT molecular complexity index is 2280. The van der Waals surface area contributed by atoms with Gasteiger partial charge >= 0.3 is 0 Å². The van der Waals surface area contributed by atoms with Gasteiger partial charge in [0.2, 0.25) is 5.82 Å². The summed E-state index contributed by atoms with van der Waals surface area (Å²) in [7, 11) is 1.87. The lowest BCUT2D eigenvalue weighted by atomic mass is 9.77. The van der Waals surface area contributed by atoms with Gasteiger partial charge < -0.3 is 10.6 Å². The third-order valence-corrected chi connectivity index (χ3v) is 9.28. The summed E-state index contributed by atoms with van der Waals surface area (Å²) in [4.78, 5) is 27.6. The van der Waals surface area contributed by atoms with Crippen molar-refractivity contribution < 1.29 is 4.79 Å². The molecule has 8 aromatic rings. The molecule has 1 amide bonds. The first kappa shape index (κ1) is 30.9. The predicted molar refractivity (Wildman–Crippen MR) is 198 cm³/mol. The predicted octanol–water partition coefficient (Wildman–Crippen LogP) is 7.51. The highest BCUT2D eigenvalue weighted by molar-refractivity contribution is 6.03. The van der Waals surface area contributed by atoms with E-state index in [1.54, 1.807) is 12.4 Å². The number of carbonyl (C=O) groups excluding carboxylic acids is 1. The Balaban J connectivity index is 1.37. The number of likely N-dealkylation sites (N-methyl/N-ethyl adjacent to an activating group) is 1. The molecule has 0 bridgehead atoms. The van der Waals surface area contributed by atoms with E-state index in [1.165, 1.54) is 0 Å². The lowest BCUT2D eigenvalue weighted by Crippen LogP contribution is -2.38. The maximum Gasteiger partial charge on any atom is 0.289 e. The number of fused-ring (bicyclic) bond motifs is 2. The molecule has 1 atom stereocenters. The van der Waals surface area contributed by atoms with Crippen LogP contribution in [0, 0.1) is 0 Å². The number of carbonyl (C=O) groups is 1. The SMILES string of the molecule is CNCC(NC(=O)c1nc2cc3c(-c4ccncc4)[nH]n(C(c4ccccc4)(c4ccccc4)c4ccccc4)c3cc2n1)c1ccccc1. The number of aromatic nitrogens is 5. The van der Waals surface area contributed by atoms with E-state index >= 15 is 0 Å². The van der Waals surface area contributed by atoms with Gasteiger partial charge in [-0.25, -0.2) is 9.97 Å². The largest absolute Gasteiger partial charge is 0.341 e. The van der Waals surface area contributed by atoms with Crippen LogP contribution in [0.3, 0.4) is 0 Å². The smallest absolute Gasteiger partial charge is 0.289 e. The van der Waals surface area contributed by atoms with E-state index in [2.05, 4.69) is 98.2 Å². The fourth-order valence-corrected chi connectivity index (χ4v) is 7.01. The Morgan fingerprint density at radius 1 is 0.720 bits per heavy atom. The zero-order chi connectivity index (χ0) is 33.9. The summed E-state index contributed by atoms with van der Waals surface area (Å²) in [5.74, 6) is -0.197. The number of pyridine rings is 1. The van der Waals surface area contributed by atoms with Crippen molar-refractivity contribution in [2.24, 2.45) is 0 Å². The van der Waals surface area contributed by atoms with Crippen molar-refractivity contribution in [3.63, 3.8) is 0 Å². The number of benzene rings is 5. The third kappa shape index (κ3) is 5.41. The number of rotatable bonds is 10. The Labute approximate surface area is 289 Å². The maximum atomic E-state index is 13.7. The van der Waals surface area contributed by atoms with Gasteiger partial charge in [0.05, 0.1) is 28.3 Å². The monoisotopic (exact) mass is 653 g/mol. The topological polar surface area (TPSA) is 101 Å². The second kappa shape index (κ2) is 13.3. The molecule has 0 radical (unpaired) electrons. The van der Waals surface area contributed by atoms with Crippen LogP contribution >= 0.6 is 0 Å². The van der Waals surface area contributed by atoms with E-state index in [1.807, 2.05) is 79.8 Å². The quantitative estimate of drug-likeness (QED) is 0.133. The van der Waals surface area contributed by atoms with Crippen molar-refractivity contribution in [1.82, 2.24) is 35.4 Å². The minimum absolute atomic E-state index is 0.131. The van der Waals surface area contributed by atoms with Gasteiger partial charge in [0, 0.05) is 29.9 Å². The van der Waals surface area contributed by atoms with Crippen LogP contribution in [0.4, 0.5) is 0 Å². The number of hydrogen-bond acceptors (Lipinski definition) is 5. The fourth-order valence-electron chi connectivity index (χ4n) is 7.01. The van der Waals surface area contributed by atoms with Crippen molar-refractivity contribution in [3.8, 4) is 11.3 Å². The fraction of sp³-hybridized carbons (Fsp3) is 0.0952. The molecule has 8 rings (SSSR count). The van der Waals surface area contributed by atoms with E-state index in [9.17, 15) is 4.79 Å². The zero-order valence-corrected chi connectivity index (χ0v) is 27.5. The summed E-state index contributed by atoms with van der Waals surface area (Å²) < 4.78 is 2.24. The number of hydrogen-bond donors (Lipinski definition) is 3. The second-order valence-electron chi connectivity index (χ2n) is 12.3. The lowest BCUT2D eigenvalue weighted by molar-refractivity contribution is 0.0927. The normalized spacial score (nSPS) is 12.3. The molecule has 3 heterocycles. The first-order valence-electron chi connectivity index (χ1n) is 16.7. The molecule has 0 spiro atoms. The highest BCUT2D eigenvalue weighted by Crippen LogP contribution is 2.44. The number of aromatic amines is 1. The van der Waals surface area contributed by atoms with Gasteiger partial charge in [-0.05, 0) is 53.6 Å². The van der Waals surface area contributed by atoms with Crippen LogP contribution in [0.5, 0.6) is 0 Å². The van der Waals surface area contributed by atoms with Crippen LogP contribution < -0.4 is 10.6 Å². The highest BCUT2D eigenvalue weighted by Gasteiger charge is 2.40. The lowest BCUT2D eigenvalue weighted by Gasteiger charge is -2.37. The van der Waals surface area contributed by atoms with Gasteiger partial charge in [0.25, 0.3) is 5.91 Å². The summed E-state index contributed by atoms with van der Waals surface area (Å²) in [5.41, 5.74) is 7.49. The van der Waals surface area contributed by atoms with Crippen LogP contribution in [-0.2, 0) is 5.54 Å². The molecule has 0 aliphatic heterocycles. The zero-order valence-electron chi connectivity index (χ0n) is 27.5. The van der Waals surface area contributed by atoms with Crippen LogP contribution in [0.2, 0.25) is 0 Å². The molecule has 5 aromatic carbocycles. The van der Waals surface area contributed by atoms with Crippen LogP contribution in [0.15, 0.2) is 158 Å². The van der Waals surface area contributed by atoms with Gasteiger partial charge in [-0.15, -0.1) is 0 Å². The Kier molecular flexibility index (Phi) is 8.20. The molecule has 0 fully saturated rings. The summed E-state index contributed by atoms with van der Waals surface area (Å²) in [6, 6.07) is 49.3. The summed E-state index contributed by atoms with van der Waals surface area (Å²) in [5, 5.41) is 11.1. The van der Waals surface area contributed by atoms with Crippen molar-refractivity contribution in [3.05, 3.63) is 186 Å². The minimum Gasteiger partial charge on any atom is -0.341 e. The molecule has 0 aliphatic rings. The van der Waals surface area contributed by atoms with E-state index in [0.29, 0.717) is 17.6 Å². The molecule has 8 nitrogen and oxygen atoms in total. The van der Waals surface area contributed by atoms with Crippen molar-refractivity contribution in [2.75, 3.05) is 13.6 Å². The standard InChI is InChI=1S/C42H35N7O/c1-43-28-37(29-14-6-2-7-15-29)47-41(50)40-45-35-26-34-38(27-36(35)46-40)49(48-39(34)30-22-24-44-25-23-30)42(31-16-8-3-9-17-31,32-18-10-4-11-19-32)33-20-12-5-13-21-33/h2-27,37,43,48H,28H2,1H3,(H,47,50). The second-order valence-corrected chi connectivity index (χ2v) is 12.3. The van der Waals surface area contributed by atoms with Crippen LogP contribution in [0.25, 0.3) is 33.2 Å². The molecule has 0 saturated carbocycles. The van der Waals surface area contributed by atoms with Crippen molar-refractivity contribution >= 4 is 27.8 Å². The van der Waals surface area contributed by atoms with Crippen molar-refractivity contribution in [1.29, 1.82) is 0 Å². The molecule has 3 N–H and O–H groups in total. The molecule has 3 aromatic heterocycles. The number of imidazole rings is 1. The molecule has 244 valence electrons. The van der Waals surface area contributed by atoms with Crippen LogP contribution in [-0.4, -0.2) is 44.2 Å². The Morgan fingerprint density at radius 3 is 1.78 bits per heavy atom. The molecule has 1 unspecified atom stereocenters. The molecule has 8 heteroatoms. The average molecular weight is 654 g/mol. The summed E-state index contributed by atoms with van der Waals surface area (Å²) >= 11 is 0.